The number of aliphatic hydroxyl groups is 1. The number of hydrogen-bond donors (Lipinski definition) is 2. The van der Waals surface area contributed by atoms with Crippen LogP contribution in [0.1, 0.15) is 24.5 Å². The SMILES string of the molecule is N[C@H]1[C@@H]([C@@H](O)c2ccccc2)CN2CCC[C@@H]12. The van der Waals surface area contributed by atoms with Crippen LogP contribution in [0.5, 0.6) is 0 Å². The van der Waals surface area contributed by atoms with Gasteiger partial charge in [-0.1, -0.05) is 30.3 Å². The monoisotopic (exact) mass is 232 g/mol. The summed E-state index contributed by atoms with van der Waals surface area (Å²) in [5.41, 5.74) is 7.30. The Morgan fingerprint density at radius 1 is 1.29 bits per heavy atom. The highest BCUT2D eigenvalue weighted by Crippen LogP contribution is 2.37. The van der Waals surface area contributed by atoms with Gasteiger partial charge in [0.05, 0.1) is 6.10 Å². The van der Waals surface area contributed by atoms with E-state index in [0.29, 0.717) is 6.04 Å². The predicted octanol–water partition coefficient (Wildman–Crippen LogP) is 1.14. The Morgan fingerprint density at radius 3 is 2.76 bits per heavy atom. The molecule has 3 heteroatoms. The Morgan fingerprint density at radius 2 is 2.06 bits per heavy atom. The molecule has 1 aromatic rings. The van der Waals surface area contributed by atoms with Crippen molar-refractivity contribution in [3.8, 4) is 0 Å². The minimum atomic E-state index is -0.420. The van der Waals surface area contributed by atoms with Crippen molar-refractivity contribution in [1.29, 1.82) is 0 Å². The number of fused-ring (bicyclic) bond motifs is 1. The molecule has 2 aliphatic heterocycles. The van der Waals surface area contributed by atoms with Crippen LogP contribution in [-0.4, -0.2) is 35.2 Å². The molecule has 2 aliphatic rings. The number of aliphatic hydroxyl groups excluding tert-OH is 1. The van der Waals surface area contributed by atoms with Crippen LogP contribution in [0, 0.1) is 5.92 Å². The molecule has 1 aromatic carbocycles. The van der Waals surface area contributed by atoms with Gasteiger partial charge < -0.3 is 10.8 Å². The highest BCUT2D eigenvalue weighted by molar-refractivity contribution is 5.20. The lowest BCUT2D eigenvalue weighted by Gasteiger charge is -2.23. The largest absolute Gasteiger partial charge is 0.388 e. The van der Waals surface area contributed by atoms with Gasteiger partial charge in [0, 0.05) is 24.5 Å². The Bertz CT molecular complexity index is 381. The van der Waals surface area contributed by atoms with Gasteiger partial charge in [-0.3, -0.25) is 4.90 Å². The molecule has 17 heavy (non-hydrogen) atoms. The minimum absolute atomic E-state index is 0.118. The van der Waals surface area contributed by atoms with E-state index in [-0.39, 0.29) is 12.0 Å². The first-order chi connectivity index (χ1) is 8.27. The first-order valence-electron chi connectivity index (χ1n) is 6.50. The summed E-state index contributed by atoms with van der Waals surface area (Å²) in [4.78, 5) is 2.45. The number of benzene rings is 1. The highest BCUT2D eigenvalue weighted by Gasteiger charge is 2.44. The lowest BCUT2D eigenvalue weighted by atomic mass is 9.89. The fourth-order valence-corrected chi connectivity index (χ4v) is 3.40. The summed E-state index contributed by atoms with van der Waals surface area (Å²) in [6, 6.07) is 10.5. The molecule has 4 atom stereocenters. The zero-order valence-electron chi connectivity index (χ0n) is 10.00. The van der Waals surface area contributed by atoms with E-state index in [1.165, 1.54) is 12.8 Å². The molecular formula is C14H20N2O. The minimum Gasteiger partial charge on any atom is -0.388 e. The lowest BCUT2D eigenvalue weighted by molar-refractivity contribution is 0.103. The molecule has 2 fully saturated rings. The maximum atomic E-state index is 10.4. The van der Waals surface area contributed by atoms with Crippen LogP contribution in [0.15, 0.2) is 30.3 Å². The molecule has 0 aliphatic carbocycles. The first kappa shape index (κ1) is 11.2. The van der Waals surface area contributed by atoms with Crippen molar-refractivity contribution in [2.75, 3.05) is 13.1 Å². The van der Waals surface area contributed by atoms with Gasteiger partial charge in [0.1, 0.15) is 0 Å². The maximum absolute atomic E-state index is 10.4. The molecule has 0 bridgehead atoms. The summed E-state index contributed by atoms with van der Waals surface area (Å²) in [5.74, 6) is 0.183. The van der Waals surface area contributed by atoms with Gasteiger partial charge in [-0.25, -0.2) is 0 Å². The van der Waals surface area contributed by atoms with Crippen molar-refractivity contribution in [3.05, 3.63) is 35.9 Å². The average molecular weight is 232 g/mol. The third-order valence-electron chi connectivity index (χ3n) is 4.34. The second-order valence-corrected chi connectivity index (χ2v) is 5.30. The summed E-state index contributed by atoms with van der Waals surface area (Å²) in [7, 11) is 0. The van der Waals surface area contributed by atoms with Gasteiger partial charge in [0.15, 0.2) is 0 Å². The highest BCUT2D eigenvalue weighted by atomic mass is 16.3. The van der Waals surface area contributed by atoms with Crippen LogP contribution in [0.25, 0.3) is 0 Å². The second kappa shape index (κ2) is 4.41. The third kappa shape index (κ3) is 1.88. The normalized spacial score (nSPS) is 34.8. The molecular weight excluding hydrogens is 212 g/mol. The number of nitrogens with zero attached hydrogens (tertiary/aromatic N) is 1. The number of rotatable bonds is 2. The Hall–Kier alpha value is -0.900. The van der Waals surface area contributed by atoms with Gasteiger partial charge in [0.2, 0.25) is 0 Å². The van der Waals surface area contributed by atoms with Crippen molar-refractivity contribution in [1.82, 2.24) is 4.90 Å². The zero-order valence-corrected chi connectivity index (χ0v) is 10.00. The van der Waals surface area contributed by atoms with Crippen LogP contribution >= 0.6 is 0 Å². The van der Waals surface area contributed by atoms with Crippen molar-refractivity contribution < 1.29 is 5.11 Å². The van der Waals surface area contributed by atoms with Crippen LogP contribution in [-0.2, 0) is 0 Å². The van der Waals surface area contributed by atoms with Gasteiger partial charge in [0.25, 0.3) is 0 Å². The molecule has 0 aromatic heterocycles. The summed E-state index contributed by atoms with van der Waals surface area (Å²) in [6.45, 7) is 2.10. The van der Waals surface area contributed by atoms with Gasteiger partial charge in [-0.15, -0.1) is 0 Å². The van der Waals surface area contributed by atoms with Crippen molar-refractivity contribution in [3.63, 3.8) is 0 Å². The lowest BCUT2D eigenvalue weighted by Crippen LogP contribution is -2.39. The van der Waals surface area contributed by atoms with Crippen molar-refractivity contribution in [2.45, 2.75) is 31.0 Å². The first-order valence-corrected chi connectivity index (χ1v) is 6.50. The Labute approximate surface area is 102 Å². The number of nitrogens with two attached hydrogens (primary N) is 1. The van der Waals surface area contributed by atoms with E-state index in [1.54, 1.807) is 0 Å². The van der Waals surface area contributed by atoms with Crippen LogP contribution < -0.4 is 5.73 Å². The molecule has 0 unspecified atom stereocenters. The second-order valence-electron chi connectivity index (χ2n) is 5.30. The number of hydrogen-bond acceptors (Lipinski definition) is 3. The van der Waals surface area contributed by atoms with E-state index >= 15 is 0 Å². The van der Waals surface area contributed by atoms with E-state index in [4.69, 9.17) is 5.73 Å². The molecule has 0 saturated carbocycles. The summed E-state index contributed by atoms with van der Waals surface area (Å²) >= 11 is 0. The van der Waals surface area contributed by atoms with Crippen LogP contribution in [0.3, 0.4) is 0 Å². The van der Waals surface area contributed by atoms with E-state index in [2.05, 4.69) is 4.90 Å². The maximum Gasteiger partial charge on any atom is 0.0845 e. The van der Waals surface area contributed by atoms with Crippen molar-refractivity contribution >= 4 is 0 Å². The van der Waals surface area contributed by atoms with E-state index in [1.807, 2.05) is 30.3 Å². The molecule has 2 heterocycles. The smallest absolute Gasteiger partial charge is 0.0845 e. The van der Waals surface area contributed by atoms with Crippen LogP contribution in [0.2, 0.25) is 0 Å². The standard InChI is InChI=1S/C14H20N2O/c15-13-11(9-16-8-4-7-12(13)16)14(17)10-5-2-1-3-6-10/h1-3,5-6,11-14,17H,4,7-9,15H2/t11-,12-,13-,14-/m0/s1. The molecule has 2 saturated heterocycles. The fourth-order valence-electron chi connectivity index (χ4n) is 3.40. The van der Waals surface area contributed by atoms with E-state index < -0.39 is 6.10 Å². The molecule has 3 nitrogen and oxygen atoms in total. The van der Waals surface area contributed by atoms with Gasteiger partial charge in [-0.05, 0) is 24.9 Å². The van der Waals surface area contributed by atoms with Gasteiger partial charge in [-0.2, -0.15) is 0 Å². The van der Waals surface area contributed by atoms with Gasteiger partial charge >= 0.3 is 0 Å². The molecule has 3 rings (SSSR count). The fraction of sp³-hybridized carbons (Fsp3) is 0.571. The van der Waals surface area contributed by atoms with Crippen molar-refractivity contribution in [2.24, 2.45) is 11.7 Å². The zero-order chi connectivity index (χ0) is 11.8. The average Bonchev–Trinajstić information content (AvgIpc) is 2.93. The molecule has 0 radical (unpaired) electrons. The topological polar surface area (TPSA) is 49.5 Å². The Balaban J connectivity index is 1.77. The summed E-state index contributed by atoms with van der Waals surface area (Å²) in [6.07, 6.45) is 2.03. The molecule has 0 amide bonds. The Kier molecular flexibility index (Phi) is 2.90. The molecule has 0 spiro atoms. The molecule has 92 valence electrons. The quantitative estimate of drug-likeness (QED) is 0.804. The summed E-state index contributed by atoms with van der Waals surface area (Å²) in [5, 5.41) is 10.4. The predicted molar refractivity (Wildman–Crippen MR) is 67.5 cm³/mol. The van der Waals surface area contributed by atoms with E-state index in [0.717, 1.165) is 18.7 Å². The van der Waals surface area contributed by atoms with E-state index in [9.17, 15) is 5.11 Å². The van der Waals surface area contributed by atoms with Crippen LogP contribution in [0.4, 0.5) is 0 Å². The third-order valence-corrected chi connectivity index (χ3v) is 4.34. The molecule has 3 N–H and O–H groups in total. The summed E-state index contributed by atoms with van der Waals surface area (Å²) < 4.78 is 0.